The van der Waals surface area contributed by atoms with E-state index >= 15 is 0 Å². The second-order valence-corrected chi connectivity index (χ2v) is 6.16. The van der Waals surface area contributed by atoms with Crippen LogP contribution in [0.4, 0.5) is 0 Å². The number of benzene rings is 1. The van der Waals surface area contributed by atoms with Gasteiger partial charge in [0.05, 0.1) is 0 Å². The number of carbonyl (C=O) groups is 1. The number of carbonyl (C=O) groups excluding carboxylic acids is 1. The highest BCUT2D eigenvalue weighted by molar-refractivity contribution is 5.76. The molecule has 0 saturated heterocycles. The molecule has 3 N–H and O–H groups in total. The standard InChI is InChI=1S/C17H26N2O/c1-13-6-5-7-14(10-13)11-17(20)19-12-16(18)15-8-3-2-4-9-15/h2-4,8-9,13-14,16H,5-7,10-12,18H2,1H3,(H,19,20). The van der Waals surface area contributed by atoms with Crippen LogP contribution in [0.15, 0.2) is 30.3 Å². The van der Waals surface area contributed by atoms with Crippen LogP contribution < -0.4 is 11.1 Å². The summed E-state index contributed by atoms with van der Waals surface area (Å²) in [7, 11) is 0. The minimum atomic E-state index is -0.120. The molecule has 0 heterocycles. The van der Waals surface area contributed by atoms with Gasteiger partial charge in [0.1, 0.15) is 0 Å². The molecule has 1 aliphatic carbocycles. The van der Waals surface area contributed by atoms with Gasteiger partial charge in [0.15, 0.2) is 0 Å². The molecule has 3 unspecified atom stereocenters. The van der Waals surface area contributed by atoms with Gasteiger partial charge < -0.3 is 11.1 Å². The van der Waals surface area contributed by atoms with E-state index in [0.29, 0.717) is 18.9 Å². The molecule has 2 rings (SSSR count). The van der Waals surface area contributed by atoms with Gasteiger partial charge in [-0.2, -0.15) is 0 Å². The van der Waals surface area contributed by atoms with Crippen LogP contribution in [-0.2, 0) is 4.79 Å². The van der Waals surface area contributed by atoms with Crippen LogP contribution in [0.25, 0.3) is 0 Å². The first-order valence-electron chi connectivity index (χ1n) is 7.72. The molecular formula is C17H26N2O. The zero-order valence-electron chi connectivity index (χ0n) is 12.3. The highest BCUT2D eigenvalue weighted by Crippen LogP contribution is 2.30. The van der Waals surface area contributed by atoms with Crippen molar-refractivity contribution in [2.75, 3.05) is 6.54 Å². The van der Waals surface area contributed by atoms with Crippen molar-refractivity contribution in [3.63, 3.8) is 0 Å². The highest BCUT2D eigenvalue weighted by atomic mass is 16.1. The summed E-state index contributed by atoms with van der Waals surface area (Å²) < 4.78 is 0. The molecule has 1 aliphatic rings. The second kappa shape index (κ2) is 7.44. The Balaban J connectivity index is 1.72. The van der Waals surface area contributed by atoms with Crippen LogP contribution in [0, 0.1) is 11.8 Å². The van der Waals surface area contributed by atoms with E-state index in [1.54, 1.807) is 0 Å². The van der Waals surface area contributed by atoms with Crippen LogP contribution in [0.2, 0.25) is 0 Å². The smallest absolute Gasteiger partial charge is 0.220 e. The quantitative estimate of drug-likeness (QED) is 0.867. The largest absolute Gasteiger partial charge is 0.354 e. The van der Waals surface area contributed by atoms with Gasteiger partial charge in [-0.15, -0.1) is 0 Å². The van der Waals surface area contributed by atoms with Crippen LogP contribution in [0.1, 0.15) is 50.6 Å². The fourth-order valence-corrected chi connectivity index (χ4v) is 3.12. The molecule has 1 aromatic rings. The maximum Gasteiger partial charge on any atom is 0.220 e. The summed E-state index contributed by atoms with van der Waals surface area (Å²) in [6.45, 7) is 2.81. The molecule has 110 valence electrons. The Labute approximate surface area is 121 Å². The Kier molecular flexibility index (Phi) is 5.60. The summed E-state index contributed by atoms with van der Waals surface area (Å²) in [6.07, 6.45) is 5.63. The summed E-state index contributed by atoms with van der Waals surface area (Å²) in [6, 6.07) is 9.80. The number of hydrogen-bond acceptors (Lipinski definition) is 2. The lowest BCUT2D eigenvalue weighted by Gasteiger charge is -2.26. The number of amides is 1. The summed E-state index contributed by atoms with van der Waals surface area (Å²) in [5.74, 6) is 1.48. The van der Waals surface area contributed by atoms with Gasteiger partial charge >= 0.3 is 0 Å². The lowest BCUT2D eigenvalue weighted by molar-refractivity contribution is -0.122. The zero-order chi connectivity index (χ0) is 14.4. The Hall–Kier alpha value is -1.35. The molecule has 0 radical (unpaired) electrons. The lowest BCUT2D eigenvalue weighted by atomic mass is 9.81. The number of nitrogens with one attached hydrogen (secondary N) is 1. The minimum absolute atomic E-state index is 0.120. The van der Waals surface area contributed by atoms with Crippen molar-refractivity contribution in [2.24, 2.45) is 17.6 Å². The maximum atomic E-state index is 12.0. The Morgan fingerprint density at radius 2 is 2.10 bits per heavy atom. The first-order chi connectivity index (χ1) is 9.65. The van der Waals surface area contributed by atoms with E-state index in [1.165, 1.54) is 25.7 Å². The molecule has 3 atom stereocenters. The zero-order valence-corrected chi connectivity index (χ0v) is 12.3. The third-order valence-electron chi connectivity index (χ3n) is 4.27. The normalized spacial score (nSPS) is 24.1. The molecule has 0 bridgehead atoms. The summed E-state index contributed by atoms with van der Waals surface area (Å²) in [4.78, 5) is 12.0. The fraction of sp³-hybridized carbons (Fsp3) is 0.588. The first kappa shape index (κ1) is 15.0. The van der Waals surface area contributed by atoms with E-state index in [9.17, 15) is 4.79 Å². The molecule has 3 nitrogen and oxygen atoms in total. The van der Waals surface area contributed by atoms with Gasteiger partial charge in [0.2, 0.25) is 5.91 Å². The molecule has 0 aromatic heterocycles. The van der Waals surface area contributed by atoms with E-state index in [2.05, 4.69) is 12.2 Å². The van der Waals surface area contributed by atoms with Gasteiger partial charge in [-0.05, 0) is 30.2 Å². The van der Waals surface area contributed by atoms with Gasteiger partial charge in [0, 0.05) is 19.0 Å². The predicted octanol–water partition coefficient (Wildman–Crippen LogP) is 3.02. The van der Waals surface area contributed by atoms with Crippen LogP contribution >= 0.6 is 0 Å². The minimum Gasteiger partial charge on any atom is -0.354 e. The van der Waals surface area contributed by atoms with Crippen molar-refractivity contribution in [1.29, 1.82) is 0 Å². The molecule has 1 saturated carbocycles. The Morgan fingerprint density at radius 1 is 1.35 bits per heavy atom. The molecule has 1 amide bonds. The first-order valence-corrected chi connectivity index (χ1v) is 7.72. The monoisotopic (exact) mass is 274 g/mol. The van der Waals surface area contributed by atoms with E-state index in [4.69, 9.17) is 5.73 Å². The van der Waals surface area contributed by atoms with E-state index < -0.39 is 0 Å². The molecule has 1 fully saturated rings. The van der Waals surface area contributed by atoms with Crippen molar-refractivity contribution < 1.29 is 4.79 Å². The van der Waals surface area contributed by atoms with Gasteiger partial charge in [-0.25, -0.2) is 0 Å². The van der Waals surface area contributed by atoms with Crippen molar-refractivity contribution in [3.05, 3.63) is 35.9 Å². The molecule has 20 heavy (non-hydrogen) atoms. The average Bonchev–Trinajstić information content (AvgIpc) is 2.46. The second-order valence-electron chi connectivity index (χ2n) is 6.16. The van der Waals surface area contributed by atoms with Crippen molar-refractivity contribution in [3.8, 4) is 0 Å². The topological polar surface area (TPSA) is 55.1 Å². The Morgan fingerprint density at radius 3 is 2.80 bits per heavy atom. The average molecular weight is 274 g/mol. The third-order valence-corrected chi connectivity index (χ3v) is 4.27. The molecule has 0 aliphatic heterocycles. The number of hydrogen-bond donors (Lipinski definition) is 2. The van der Waals surface area contributed by atoms with Gasteiger partial charge in [0.25, 0.3) is 0 Å². The summed E-state index contributed by atoms with van der Waals surface area (Å²) in [5.41, 5.74) is 7.15. The van der Waals surface area contributed by atoms with E-state index in [1.807, 2.05) is 30.3 Å². The summed E-state index contributed by atoms with van der Waals surface area (Å²) >= 11 is 0. The lowest BCUT2D eigenvalue weighted by Crippen LogP contribution is -2.33. The number of rotatable bonds is 5. The van der Waals surface area contributed by atoms with E-state index in [-0.39, 0.29) is 11.9 Å². The SMILES string of the molecule is CC1CCCC(CC(=O)NCC(N)c2ccccc2)C1. The maximum absolute atomic E-state index is 12.0. The molecule has 0 spiro atoms. The van der Waals surface area contributed by atoms with Gasteiger partial charge in [-0.3, -0.25) is 4.79 Å². The molecular weight excluding hydrogens is 248 g/mol. The molecule has 1 aromatic carbocycles. The summed E-state index contributed by atoms with van der Waals surface area (Å²) in [5, 5.41) is 2.98. The highest BCUT2D eigenvalue weighted by Gasteiger charge is 2.21. The van der Waals surface area contributed by atoms with Crippen molar-refractivity contribution in [1.82, 2.24) is 5.32 Å². The Bertz CT molecular complexity index is 418. The third kappa shape index (κ3) is 4.64. The molecule has 3 heteroatoms. The van der Waals surface area contributed by atoms with Crippen LogP contribution in [0.5, 0.6) is 0 Å². The predicted molar refractivity (Wildman–Crippen MR) is 82.1 cm³/mol. The van der Waals surface area contributed by atoms with Crippen LogP contribution in [0.3, 0.4) is 0 Å². The fourth-order valence-electron chi connectivity index (χ4n) is 3.12. The van der Waals surface area contributed by atoms with Crippen molar-refractivity contribution in [2.45, 2.75) is 45.1 Å². The van der Waals surface area contributed by atoms with E-state index in [0.717, 1.165) is 11.5 Å². The number of nitrogens with two attached hydrogens (primary N) is 1. The van der Waals surface area contributed by atoms with Gasteiger partial charge in [-0.1, -0.05) is 50.1 Å². The van der Waals surface area contributed by atoms with Crippen LogP contribution in [-0.4, -0.2) is 12.5 Å². The van der Waals surface area contributed by atoms with Crippen molar-refractivity contribution >= 4 is 5.91 Å².